The zero-order chi connectivity index (χ0) is 14.7. The lowest BCUT2D eigenvalue weighted by Gasteiger charge is -2.32. The molecule has 1 aliphatic heterocycles. The van der Waals surface area contributed by atoms with Crippen LogP contribution in [0.3, 0.4) is 0 Å². The van der Waals surface area contributed by atoms with Crippen LogP contribution in [-0.2, 0) is 4.79 Å². The third kappa shape index (κ3) is 2.81. The van der Waals surface area contributed by atoms with Gasteiger partial charge in [-0.05, 0) is 24.8 Å². The Bertz CT molecular complexity index is 494. The summed E-state index contributed by atoms with van der Waals surface area (Å²) in [6.45, 7) is 3.19. The number of nitrogens with two attached hydrogens (primary N) is 1. The fraction of sp³-hybridized carbons (Fsp3) is 0.533. The monoisotopic (exact) mass is 278 g/mol. The molecule has 0 aliphatic carbocycles. The number of anilines is 1. The molecule has 110 valence electrons. The van der Waals surface area contributed by atoms with E-state index >= 15 is 0 Å². The fourth-order valence-electron chi connectivity index (χ4n) is 2.77. The van der Waals surface area contributed by atoms with E-state index < -0.39 is 0 Å². The quantitative estimate of drug-likeness (QED) is 0.859. The van der Waals surface area contributed by atoms with E-state index in [1.165, 1.54) is 0 Å². The van der Waals surface area contributed by atoms with Crippen molar-refractivity contribution in [3.05, 3.63) is 17.7 Å². The first kappa shape index (κ1) is 14.5. The Hall–Kier alpha value is -1.91. The number of nitrogen functional groups attached to an aromatic ring is 1. The summed E-state index contributed by atoms with van der Waals surface area (Å²) >= 11 is 0. The molecule has 2 rings (SSSR count). The van der Waals surface area contributed by atoms with Crippen molar-refractivity contribution < 1.29 is 14.3 Å². The molecular weight excluding hydrogens is 256 g/mol. The molecule has 20 heavy (non-hydrogen) atoms. The Morgan fingerprint density at radius 2 is 1.80 bits per heavy atom. The molecule has 5 nitrogen and oxygen atoms in total. The molecule has 0 saturated carbocycles. The van der Waals surface area contributed by atoms with E-state index in [-0.39, 0.29) is 5.91 Å². The van der Waals surface area contributed by atoms with Gasteiger partial charge in [0.05, 0.1) is 19.9 Å². The second kappa shape index (κ2) is 6.03. The second-order valence-electron chi connectivity index (χ2n) is 5.12. The summed E-state index contributed by atoms with van der Waals surface area (Å²) in [5.41, 5.74) is 7.60. The SMILES string of the molecule is COc1cc(C2CCN(C(C)=O)CC2)c(OC)cc1N. The second-order valence-corrected chi connectivity index (χ2v) is 5.12. The van der Waals surface area contributed by atoms with E-state index in [2.05, 4.69) is 0 Å². The molecule has 5 heteroatoms. The number of amides is 1. The van der Waals surface area contributed by atoms with Crippen molar-refractivity contribution in [2.75, 3.05) is 33.0 Å². The molecule has 2 N–H and O–H groups in total. The average molecular weight is 278 g/mol. The predicted molar refractivity (Wildman–Crippen MR) is 78.2 cm³/mol. The van der Waals surface area contributed by atoms with E-state index in [4.69, 9.17) is 15.2 Å². The normalized spacial score (nSPS) is 16.1. The van der Waals surface area contributed by atoms with Crippen molar-refractivity contribution in [1.82, 2.24) is 4.90 Å². The molecule has 1 aromatic carbocycles. The van der Waals surface area contributed by atoms with Gasteiger partial charge >= 0.3 is 0 Å². The Labute approximate surface area is 119 Å². The summed E-state index contributed by atoms with van der Waals surface area (Å²) in [6, 6.07) is 3.77. The molecular formula is C15H22N2O3. The number of rotatable bonds is 3. The first-order chi connectivity index (χ1) is 9.56. The van der Waals surface area contributed by atoms with Gasteiger partial charge in [0.1, 0.15) is 11.5 Å². The zero-order valence-corrected chi connectivity index (χ0v) is 12.3. The molecule has 1 fully saturated rings. The number of benzene rings is 1. The summed E-state index contributed by atoms with van der Waals surface area (Å²) in [5, 5.41) is 0. The van der Waals surface area contributed by atoms with Crippen LogP contribution in [0.1, 0.15) is 31.2 Å². The Morgan fingerprint density at radius 3 is 2.30 bits per heavy atom. The van der Waals surface area contributed by atoms with Gasteiger partial charge in [-0.15, -0.1) is 0 Å². The summed E-state index contributed by atoms with van der Waals surface area (Å²) in [7, 11) is 3.26. The number of hydrogen-bond acceptors (Lipinski definition) is 4. The van der Waals surface area contributed by atoms with Gasteiger partial charge in [0, 0.05) is 31.6 Å². The standard InChI is InChI=1S/C15H22N2O3/c1-10(18)17-6-4-11(5-7-17)12-8-15(20-3)13(16)9-14(12)19-2/h8-9,11H,4-7,16H2,1-3H3. The molecule has 0 spiro atoms. The first-order valence-corrected chi connectivity index (χ1v) is 6.83. The molecule has 0 atom stereocenters. The van der Waals surface area contributed by atoms with Gasteiger partial charge in [-0.25, -0.2) is 0 Å². The molecule has 1 saturated heterocycles. The number of hydrogen-bond donors (Lipinski definition) is 1. The van der Waals surface area contributed by atoms with Crippen LogP contribution >= 0.6 is 0 Å². The van der Waals surface area contributed by atoms with Crippen LogP contribution in [0.4, 0.5) is 5.69 Å². The Morgan fingerprint density at radius 1 is 1.20 bits per heavy atom. The van der Waals surface area contributed by atoms with E-state index in [9.17, 15) is 4.79 Å². The molecule has 0 bridgehead atoms. The van der Waals surface area contributed by atoms with Crippen molar-refractivity contribution >= 4 is 11.6 Å². The molecule has 0 radical (unpaired) electrons. The highest BCUT2D eigenvalue weighted by atomic mass is 16.5. The highest BCUT2D eigenvalue weighted by Gasteiger charge is 2.25. The van der Waals surface area contributed by atoms with E-state index in [1.54, 1.807) is 21.1 Å². The highest BCUT2D eigenvalue weighted by molar-refractivity contribution is 5.73. The van der Waals surface area contributed by atoms with Crippen LogP contribution in [0.2, 0.25) is 0 Å². The third-order valence-corrected chi connectivity index (χ3v) is 3.96. The summed E-state index contributed by atoms with van der Waals surface area (Å²) in [5.74, 6) is 1.99. The smallest absolute Gasteiger partial charge is 0.219 e. The lowest BCUT2D eigenvalue weighted by Crippen LogP contribution is -2.36. The third-order valence-electron chi connectivity index (χ3n) is 3.96. The largest absolute Gasteiger partial charge is 0.496 e. The minimum absolute atomic E-state index is 0.144. The van der Waals surface area contributed by atoms with Gasteiger partial charge in [0.15, 0.2) is 0 Å². The summed E-state index contributed by atoms with van der Waals surface area (Å²) < 4.78 is 10.7. The van der Waals surface area contributed by atoms with Crippen LogP contribution in [-0.4, -0.2) is 38.1 Å². The summed E-state index contributed by atoms with van der Waals surface area (Å²) in [6.07, 6.45) is 1.87. The van der Waals surface area contributed by atoms with Crippen LogP contribution in [0.25, 0.3) is 0 Å². The van der Waals surface area contributed by atoms with Crippen LogP contribution < -0.4 is 15.2 Å². The minimum Gasteiger partial charge on any atom is -0.496 e. The molecule has 1 heterocycles. The molecule has 0 unspecified atom stereocenters. The van der Waals surface area contributed by atoms with Gasteiger partial charge in [-0.1, -0.05) is 0 Å². The minimum atomic E-state index is 0.144. The number of piperidine rings is 1. The van der Waals surface area contributed by atoms with Crippen molar-refractivity contribution in [3.63, 3.8) is 0 Å². The van der Waals surface area contributed by atoms with Gasteiger partial charge < -0.3 is 20.1 Å². The number of carbonyl (C=O) groups is 1. The van der Waals surface area contributed by atoms with Crippen molar-refractivity contribution in [1.29, 1.82) is 0 Å². The molecule has 1 amide bonds. The molecule has 1 aromatic rings. The predicted octanol–water partition coefficient (Wildman–Crippen LogP) is 2.01. The maximum atomic E-state index is 11.4. The first-order valence-electron chi connectivity index (χ1n) is 6.83. The van der Waals surface area contributed by atoms with E-state index in [0.29, 0.717) is 17.4 Å². The van der Waals surface area contributed by atoms with Crippen molar-refractivity contribution in [3.8, 4) is 11.5 Å². The Balaban J connectivity index is 2.22. The lowest BCUT2D eigenvalue weighted by atomic mass is 9.88. The maximum Gasteiger partial charge on any atom is 0.219 e. The number of likely N-dealkylation sites (tertiary alicyclic amines) is 1. The van der Waals surface area contributed by atoms with Gasteiger partial charge in [0.25, 0.3) is 0 Å². The van der Waals surface area contributed by atoms with Crippen molar-refractivity contribution in [2.45, 2.75) is 25.7 Å². The maximum absolute atomic E-state index is 11.4. The number of nitrogens with zero attached hydrogens (tertiary/aromatic N) is 1. The lowest BCUT2D eigenvalue weighted by molar-refractivity contribution is -0.129. The summed E-state index contributed by atoms with van der Waals surface area (Å²) in [4.78, 5) is 13.3. The molecule has 0 aromatic heterocycles. The number of ether oxygens (including phenoxy) is 2. The number of carbonyl (C=O) groups excluding carboxylic acids is 1. The van der Waals surface area contributed by atoms with Crippen molar-refractivity contribution in [2.24, 2.45) is 0 Å². The topological polar surface area (TPSA) is 64.8 Å². The highest BCUT2D eigenvalue weighted by Crippen LogP contribution is 2.39. The van der Waals surface area contributed by atoms with Gasteiger partial charge in [-0.3, -0.25) is 4.79 Å². The van der Waals surface area contributed by atoms with E-state index in [1.807, 2.05) is 17.0 Å². The molecule has 1 aliphatic rings. The zero-order valence-electron chi connectivity index (χ0n) is 12.3. The van der Waals surface area contributed by atoms with Crippen LogP contribution in [0.5, 0.6) is 11.5 Å². The van der Waals surface area contributed by atoms with Gasteiger partial charge in [0.2, 0.25) is 5.91 Å². The van der Waals surface area contributed by atoms with E-state index in [0.717, 1.165) is 37.2 Å². The fourth-order valence-corrected chi connectivity index (χ4v) is 2.77. The van der Waals surface area contributed by atoms with Gasteiger partial charge in [-0.2, -0.15) is 0 Å². The van der Waals surface area contributed by atoms with Crippen LogP contribution in [0.15, 0.2) is 12.1 Å². The number of methoxy groups -OCH3 is 2. The van der Waals surface area contributed by atoms with Crippen LogP contribution in [0, 0.1) is 0 Å². The average Bonchev–Trinajstić information content (AvgIpc) is 2.47. The Kier molecular flexibility index (Phi) is 4.37.